The van der Waals surface area contributed by atoms with Crippen molar-refractivity contribution < 1.29 is 9.18 Å². The Labute approximate surface area is 226 Å². The van der Waals surface area contributed by atoms with Gasteiger partial charge in [-0.15, -0.1) is 0 Å². The Balaban J connectivity index is 1.29. The highest BCUT2D eigenvalue weighted by molar-refractivity contribution is 6.04. The van der Waals surface area contributed by atoms with E-state index in [4.69, 9.17) is 4.98 Å². The zero-order chi connectivity index (χ0) is 27.1. The van der Waals surface area contributed by atoms with Crippen molar-refractivity contribution in [3.8, 4) is 33.9 Å². The molecule has 7 rings (SSSR count). The molecule has 0 fully saturated rings. The van der Waals surface area contributed by atoms with Gasteiger partial charge in [-0.05, 0) is 48.5 Å². The van der Waals surface area contributed by atoms with Crippen molar-refractivity contribution in [2.75, 3.05) is 5.32 Å². The van der Waals surface area contributed by atoms with Crippen LogP contribution in [-0.4, -0.2) is 41.0 Å². The molecule has 0 saturated heterocycles. The summed E-state index contributed by atoms with van der Waals surface area (Å²) in [5, 5.41) is 10.4. The number of aromatic amines is 2. The summed E-state index contributed by atoms with van der Waals surface area (Å²) in [5.41, 5.74) is 5.58. The molecular weight excluding hydrogens is 507 g/mol. The molecule has 0 aliphatic heterocycles. The molecule has 0 aliphatic carbocycles. The zero-order valence-corrected chi connectivity index (χ0v) is 20.8. The molecule has 2 aromatic carbocycles. The van der Waals surface area contributed by atoms with E-state index >= 15 is 4.39 Å². The molecule has 5 heterocycles. The summed E-state index contributed by atoms with van der Waals surface area (Å²) in [7, 11) is 0. The minimum Gasteiger partial charge on any atom is -0.336 e. The van der Waals surface area contributed by atoms with Crippen molar-refractivity contribution >= 4 is 33.5 Å². The zero-order valence-electron chi connectivity index (χ0n) is 20.8. The fraction of sp³-hybridized carbons (Fsp3) is 0. The van der Waals surface area contributed by atoms with Crippen LogP contribution >= 0.6 is 0 Å². The number of nitrogens with zero attached hydrogens (tertiary/aromatic N) is 5. The van der Waals surface area contributed by atoms with E-state index in [1.807, 2.05) is 24.3 Å². The lowest BCUT2D eigenvalue weighted by Crippen LogP contribution is -2.11. The maximum absolute atomic E-state index is 16.2. The second-order valence-electron chi connectivity index (χ2n) is 9.08. The van der Waals surface area contributed by atoms with Gasteiger partial charge in [0.15, 0.2) is 5.82 Å². The molecule has 0 radical (unpaired) electrons. The van der Waals surface area contributed by atoms with Gasteiger partial charge in [0.25, 0.3) is 5.91 Å². The average molecular weight is 527 g/mol. The number of rotatable bonds is 5. The van der Waals surface area contributed by atoms with E-state index in [9.17, 15) is 4.79 Å². The quantitative estimate of drug-likeness (QED) is 0.252. The molecule has 192 valence electrons. The van der Waals surface area contributed by atoms with Crippen LogP contribution in [0.2, 0.25) is 0 Å². The molecule has 0 bridgehead atoms. The van der Waals surface area contributed by atoms with E-state index in [1.165, 1.54) is 6.20 Å². The number of nitrogens with one attached hydrogen (secondary N) is 3. The predicted octanol–water partition coefficient (Wildman–Crippen LogP) is 6.02. The Morgan fingerprint density at radius 1 is 0.825 bits per heavy atom. The molecule has 0 atom stereocenters. The molecule has 1 amide bonds. The first kappa shape index (κ1) is 23.4. The molecule has 10 heteroatoms. The van der Waals surface area contributed by atoms with Gasteiger partial charge in [0, 0.05) is 47.0 Å². The monoisotopic (exact) mass is 526 g/mol. The van der Waals surface area contributed by atoms with Crippen molar-refractivity contribution in [3.05, 3.63) is 109 Å². The number of pyridine rings is 3. The van der Waals surface area contributed by atoms with Crippen LogP contribution in [-0.2, 0) is 0 Å². The molecule has 0 aliphatic rings. The van der Waals surface area contributed by atoms with Crippen LogP contribution in [0.4, 0.5) is 10.1 Å². The van der Waals surface area contributed by atoms with Gasteiger partial charge in [-0.3, -0.25) is 24.8 Å². The summed E-state index contributed by atoms with van der Waals surface area (Å²) < 4.78 is 16.2. The van der Waals surface area contributed by atoms with Crippen LogP contribution in [0.5, 0.6) is 0 Å². The molecule has 3 N–H and O–H groups in total. The van der Waals surface area contributed by atoms with Crippen molar-refractivity contribution in [2.24, 2.45) is 0 Å². The number of benzene rings is 2. The normalized spacial score (nSPS) is 11.2. The number of imidazole rings is 1. The standard InChI is InChI=1S/C30H19FN8O/c31-25-21(19-14-20(16-33-15-19)35-30(40)18-4-2-1-3-5-18)6-7-22-24(25)28(39-38-22)29-36-23-10-13-34-26(27(23)37-29)17-8-11-32-12-9-17/h1-16H,(H,35,40)(H,36,37)(H,38,39). The number of aromatic nitrogens is 7. The number of anilines is 1. The van der Waals surface area contributed by atoms with Gasteiger partial charge in [0.05, 0.1) is 34.0 Å². The van der Waals surface area contributed by atoms with E-state index in [0.29, 0.717) is 50.6 Å². The third-order valence-electron chi connectivity index (χ3n) is 6.59. The molecule has 7 aromatic rings. The third-order valence-corrected chi connectivity index (χ3v) is 6.59. The fourth-order valence-corrected chi connectivity index (χ4v) is 4.68. The Hall–Kier alpha value is -5.77. The van der Waals surface area contributed by atoms with Gasteiger partial charge in [-0.1, -0.05) is 18.2 Å². The topological polar surface area (TPSA) is 125 Å². The van der Waals surface area contributed by atoms with E-state index in [1.54, 1.807) is 67.3 Å². The Morgan fingerprint density at radius 3 is 2.52 bits per heavy atom. The largest absolute Gasteiger partial charge is 0.336 e. The van der Waals surface area contributed by atoms with Crippen molar-refractivity contribution in [1.82, 2.24) is 35.1 Å². The lowest BCUT2D eigenvalue weighted by molar-refractivity contribution is 0.102. The van der Waals surface area contributed by atoms with E-state index in [2.05, 4.69) is 35.5 Å². The molecule has 0 spiro atoms. The summed E-state index contributed by atoms with van der Waals surface area (Å²) in [6.45, 7) is 0. The number of amides is 1. The van der Waals surface area contributed by atoms with E-state index < -0.39 is 5.82 Å². The van der Waals surface area contributed by atoms with E-state index in [0.717, 1.165) is 11.1 Å². The number of halogens is 1. The maximum atomic E-state index is 16.2. The highest BCUT2D eigenvalue weighted by Crippen LogP contribution is 2.35. The first-order valence-corrected chi connectivity index (χ1v) is 12.4. The van der Waals surface area contributed by atoms with Gasteiger partial charge < -0.3 is 10.3 Å². The average Bonchev–Trinajstić information content (AvgIpc) is 3.63. The lowest BCUT2D eigenvalue weighted by Gasteiger charge is -2.09. The van der Waals surface area contributed by atoms with Crippen molar-refractivity contribution in [3.63, 3.8) is 0 Å². The molecular formula is C30H19FN8O. The Bertz CT molecular complexity index is 2020. The molecule has 5 aromatic heterocycles. The third kappa shape index (κ3) is 4.04. The minimum atomic E-state index is -0.484. The van der Waals surface area contributed by atoms with Crippen LogP contribution < -0.4 is 5.32 Å². The lowest BCUT2D eigenvalue weighted by atomic mass is 10.0. The van der Waals surface area contributed by atoms with Gasteiger partial charge in [0.1, 0.15) is 17.0 Å². The Morgan fingerprint density at radius 2 is 1.68 bits per heavy atom. The molecule has 9 nitrogen and oxygen atoms in total. The summed E-state index contributed by atoms with van der Waals surface area (Å²) in [6.07, 6.45) is 8.15. The predicted molar refractivity (Wildman–Crippen MR) is 150 cm³/mol. The second kappa shape index (κ2) is 9.52. The fourth-order valence-electron chi connectivity index (χ4n) is 4.68. The smallest absolute Gasteiger partial charge is 0.255 e. The summed E-state index contributed by atoms with van der Waals surface area (Å²) >= 11 is 0. The first-order valence-electron chi connectivity index (χ1n) is 12.4. The number of carbonyl (C=O) groups is 1. The second-order valence-corrected chi connectivity index (χ2v) is 9.08. The maximum Gasteiger partial charge on any atom is 0.255 e. The number of H-pyrrole nitrogens is 2. The molecule has 40 heavy (non-hydrogen) atoms. The number of carbonyl (C=O) groups excluding carboxylic acids is 1. The van der Waals surface area contributed by atoms with Crippen LogP contribution in [0.25, 0.3) is 55.8 Å². The van der Waals surface area contributed by atoms with Gasteiger partial charge in [-0.25, -0.2) is 9.37 Å². The first-order chi connectivity index (χ1) is 19.7. The minimum absolute atomic E-state index is 0.280. The van der Waals surface area contributed by atoms with Gasteiger partial charge in [-0.2, -0.15) is 5.10 Å². The van der Waals surface area contributed by atoms with Crippen LogP contribution in [0.1, 0.15) is 10.4 Å². The highest BCUT2D eigenvalue weighted by atomic mass is 19.1. The SMILES string of the molecule is O=C(Nc1cncc(-c2ccc3[nH]nc(-c4nc5c(-c6ccncc6)nccc5[nH]4)c3c2F)c1)c1ccccc1. The summed E-state index contributed by atoms with van der Waals surface area (Å²) in [5.74, 6) is -0.358. The Kier molecular flexibility index (Phi) is 5.56. The van der Waals surface area contributed by atoms with Gasteiger partial charge >= 0.3 is 0 Å². The van der Waals surface area contributed by atoms with Gasteiger partial charge in [0.2, 0.25) is 0 Å². The number of fused-ring (bicyclic) bond motifs is 2. The number of hydrogen-bond acceptors (Lipinski definition) is 6. The molecule has 0 saturated carbocycles. The summed E-state index contributed by atoms with van der Waals surface area (Å²) in [4.78, 5) is 33.4. The number of hydrogen-bond donors (Lipinski definition) is 3. The van der Waals surface area contributed by atoms with Crippen molar-refractivity contribution in [2.45, 2.75) is 0 Å². The van der Waals surface area contributed by atoms with E-state index in [-0.39, 0.29) is 11.3 Å². The van der Waals surface area contributed by atoms with Crippen LogP contribution in [0.15, 0.2) is 97.7 Å². The van der Waals surface area contributed by atoms with Crippen LogP contribution in [0, 0.1) is 5.82 Å². The van der Waals surface area contributed by atoms with Crippen molar-refractivity contribution in [1.29, 1.82) is 0 Å². The summed E-state index contributed by atoms with van der Waals surface area (Å²) in [6, 6.07) is 19.5. The van der Waals surface area contributed by atoms with Crippen LogP contribution in [0.3, 0.4) is 0 Å². The highest BCUT2D eigenvalue weighted by Gasteiger charge is 2.21. The molecule has 0 unspecified atom stereocenters.